The zero-order chi connectivity index (χ0) is 16.0. The summed E-state index contributed by atoms with van der Waals surface area (Å²) in [5, 5.41) is 3.09. The van der Waals surface area contributed by atoms with Crippen LogP contribution in [-0.4, -0.2) is 48.7 Å². The van der Waals surface area contributed by atoms with Crippen LogP contribution in [0.15, 0.2) is 21.3 Å². The fourth-order valence-electron chi connectivity index (χ4n) is 4.28. The third-order valence-electron chi connectivity index (χ3n) is 5.32. The van der Waals surface area contributed by atoms with Crippen molar-refractivity contribution in [2.45, 2.75) is 44.4 Å². The number of likely N-dealkylation sites (tertiary alicyclic amines) is 1. The van der Waals surface area contributed by atoms with Crippen LogP contribution in [0, 0.1) is 12.8 Å². The van der Waals surface area contributed by atoms with Crippen molar-refractivity contribution in [1.82, 2.24) is 10.2 Å². The summed E-state index contributed by atoms with van der Waals surface area (Å²) < 4.78 is 11.3. The van der Waals surface area contributed by atoms with E-state index in [0.717, 1.165) is 26.1 Å². The van der Waals surface area contributed by atoms with E-state index in [-0.39, 0.29) is 35.3 Å². The standard InChI is InChI=1S/C17H22N2O4/c1-10-8-11(20)9-13(23-10)17(21)18-14-12-4-7-22-16(12)15(14)19-5-2-3-6-19/h8-9,12,14-16H,2-7H2,1H3,(H,18,21)/t12-,14+,15-,16-/m1/s1. The molecule has 0 aromatic carbocycles. The van der Waals surface area contributed by atoms with Gasteiger partial charge in [0.05, 0.1) is 18.2 Å². The Labute approximate surface area is 134 Å². The maximum Gasteiger partial charge on any atom is 0.287 e. The van der Waals surface area contributed by atoms with E-state index >= 15 is 0 Å². The topological polar surface area (TPSA) is 71.8 Å². The molecule has 0 bridgehead atoms. The van der Waals surface area contributed by atoms with E-state index in [4.69, 9.17) is 9.15 Å². The van der Waals surface area contributed by atoms with Gasteiger partial charge in [0, 0.05) is 24.7 Å². The number of hydrogen-bond acceptors (Lipinski definition) is 5. The van der Waals surface area contributed by atoms with Gasteiger partial charge < -0.3 is 14.5 Å². The number of nitrogens with zero attached hydrogens (tertiary/aromatic N) is 1. The molecular formula is C17H22N2O4. The van der Waals surface area contributed by atoms with Crippen LogP contribution in [0.5, 0.6) is 0 Å². The molecule has 2 saturated heterocycles. The van der Waals surface area contributed by atoms with Gasteiger partial charge in [-0.1, -0.05) is 0 Å². The molecule has 124 valence electrons. The molecule has 6 nitrogen and oxygen atoms in total. The summed E-state index contributed by atoms with van der Waals surface area (Å²) in [6.07, 6.45) is 3.64. The Balaban J connectivity index is 1.52. The van der Waals surface area contributed by atoms with Gasteiger partial charge >= 0.3 is 0 Å². The molecule has 4 rings (SSSR count). The van der Waals surface area contributed by atoms with Crippen molar-refractivity contribution in [1.29, 1.82) is 0 Å². The molecule has 0 spiro atoms. The molecule has 3 heterocycles. The van der Waals surface area contributed by atoms with Gasteiger partial charge in [0.1, 0.15) is 5.76 Å². The number of nitrogens with one attached hydrogen (secondary N) is 1. The van der Waals surface area contributed by atoms with Crippen LogP contribution in [0.4, 0.5) is 0 Å². The Hall–Kier alpha value is -1.66. The zero-order valence-corrected chi connectivity index (χ0v) is 13.3. The number of amides is 1. The van der Waals surface area contributed by atoms with Gasteiger partial charge in [-0.3, -0.25) is 14.5 Å². The SMILES string of the molecule is Cc1cc(=O)cc(C(=O)N[C@H]2[C@H]3CCO[C@H]3[C@@H]2N2CCCC2)o1. The second-order valence-electron chi connectivity index (χ2n) is 6.79. The number of fused-ring (bicyclic) bond motifs is 1. The van der Waals surface area contributed by atoms with Crippen molar-refractivity contribution in [3.8, 4) is 0 Å². The highest BCUT2D eigenvalue weighted by atomic mass is 16.5. The first-order valence-electron chi connectivity index (χ1n) is 8.42. The summed E-state index contributed by atoms with van der Waals surface area (Å²) in [4.78, 5) is 26.5. The normalized spacial score (nSPS) is 33.3. The number of ether oxygens (including phenoxy) is 1. The molecule has 4 atom stereocenters. The summed E-state index contributed by atoms with van der Waals surface area (Å²) in [5.41, 5.74) is -0.203. The largest absolute Gasteiger partial charge is 0.456 e. The molecule has 1 saturated carbocycles. The van der Waals surface area contributed by atoms with E-state index in [2.05, 4.69) is 10.2 Å². The average molecular weight is 318 g/mol. The zero-order valence-electron chi connectivity index (χ0n) is 13.3. The van der Waals surface area contributed by atoms with Gasteiger partial charge in [0.2, 0.25) is 0 Å². The predicted octanol–water partition coefficient (Wildman–Crippen LogP) is 0.930. The van der Waals surface area contributed by atoms with Crippen molar-refractivity contribution in [2.24, 2.45) is 5.92 Å². The van der Waals surface area contributed by atoms with E-state index in [9.17, 15) is 9.59 Å². The highest BCUT2D eigenvalue weighted by Crippen LogP contribution is 2.42. The summed E-state index contributed by atoms with van der Waals surface area (Å²) in [5.74, 6) is 0.624. The maximum absolute atomic E-state index is 12.5. The molecule has 0 unspecified atom stereocenters. The Bertz CT molecular complexity index is 660. The number of hydrogen-bond donors (Lipinski definition) is 1. The fraction of sp³-hybridized carbons (Fsp3) is 0.647. The molecule has 0 radical (unpaired) electrons. The monoisotopic (exact) mass is 318 g/mol. The molecule has 23 heavy (non-hydrogen) atoms. The summed E-state index contributed by atoms with van der Waals surface area (Å²) in [7, 11) is 0. The number of carbonyl (C=O) groups is 1. The number of carbonyl (C=O) groups excluding carboxylic acids is 1. The van der Waals surface area contributed by atoms with Crippen LogP contribution in [0.25, 0.3) is 0 Å². The minimum atomic E-state index is -0.301. The van der Waals surface area contributed by atoms with Crippen LogP contribution in [-0.2, 0) is 4.74 Å². The Morgan fingerprint density at radius 3 is 2.83 bits per heavy atom. The molecule has 1 aromatic heterocycles. The minimum Gasteiger partial charge on any atom is -0.456 e. The third-order valence-corrected chi connectivity index (χ3v) is 5.32. The Kier molecular flexibility index (Phi) is 3.73. The average Bonchev–Trinajstić information content (AvgIpc) is 3.14. The van der Waals surface area contributed by atoms with E-state index in [1.165, 1.54) is 25.0 Å². The molecule has 3 fully saturated rings. The maximum atomic E-state index is 12.5. The van der Waals surface area contributed by atoms with Gasteiger partial charge in [-0.05, 0) is 39.3 Å². The van der Waals surface area contributed by atoms with Crippen molar-refractivity contribution in [3.63, 3.8) is 0 Å². The molecule has 2 aliphatic heterocycles. The Morgan fingerprint density at radius 1 is 1.30 bits per heavy atom. The second kappa shape index (κ2) is 5.76. The quantitative estimate of drug-likeness (QED) is 0.898. The van der Waals surface area contributed by atoms with E-state index in [0.29, 0.717) is 11.7 Å². The van der Waals surface area contributed by atoms with Crippen LogP contribution < -0.4 is 10.7 Å². The molecule has 3 aliphatic rings. The van der Waals surface area contributed by atoms with E-state index in [1.807, 2.05) is 0 Å². The first-order chi connectivity index (χ1) is 11.1. The lowest BCUT2D eigenvalue weighted by Crippen LogP contribution is -2.70. The molecule has 1 aliphatic carbocycles. The number of rotatable bonds is 3. The van der Waals surface area contributed by atoms with Gasteiger partial charge in [0.25, 0.3) is 5.91 Å². The number of aryl methyl sites for hydroxylation is 1. The highest BCUT2D eigenvalue weighted by molar-refractivity contribution is 5.91. The van der Waals surface area contributed by atoms with Crippen LogP contribution >= 0.6 is 0 Å². The lowest BCUT2D eigenvalue weighted by molar-refractivity contribution is -0.0749. The summed E-state index contributed by atoms with van der Waals surface area (Å²) in [6, 6.07) is 2.98. The first-order valence-corrected chi connectivity index (χ1v) is 8.42. The smallest absolute Gasteiger partial charge is 0.287 e. The highest BCUT2D eigenvalue weighted by Gasteiger charge is 2.56. The van der Waals surface area contributed by atoms with Crippen LogP contribution in [0.2, 0.25) is 0 Å². The lowest BCUT2D eigenvalue weighted by atomic mass is 9.70. The molecule has 1 N–H and O–H groups in total. The van der Waals surface area contributed by atoms with Gasteiger partial charge in [-0.25, -0.2) is 0 Å². The van der Waals surface area contributed by atoms with Gasteiger partial charge in [0.15, 0.2) is 11.2 Å². The third kappa shape index (κ3) is 2.60. The summed E-state index contributed by atoms with van der Waals surface area (Å²) >= 11 is 0. The van der Waals surface area contributed by atoms with Crippen LogP contribution in [0.1, 0.15) is 35.6 Å². The second-order valence-corrected chi connectivity index (χ2v) is 6.79. The van der Waals surface area contributed by atoms with Crippen molar-refractivity contribution < 1.29 is 13.9 Å². The van der Waals surface area contributed by atoms with E-state index < -0.39 is 0 Å². The molecule has 1 aromatic rings. The van der Waals surface area contributed by atoms with Crippen molar-refractivity contribution >= 4 is 5.91 Å². The van der Waals surface area contributed by atoms with Gasteiger partial charge in [-0.2, -0.15) is 0 Å². The minimum absolute atomic E-state index is 0.0823. The lowest BCUT2D eigenvalue weighted by Gasteiger charge is -2.51. The van der Waals surface area contributed by atoms with E-state index in [1.54, 1.807) is 6.92 Å². The molecule has 6 heteroatoms. The predicted molar refractivity (Wildman–Crippen MR) is 83.4 cm³/mol. The van der Waals surface area contributed by atoms with Crippen LogP contribution in [0.3, 0.4) is 0 Å². The molecular weight excluding hydrogens is 296 g/mol. The summed E-state index contributed by atoms with van der Waals surface area (Å²) in [6.45, 7) is 4.59. The Morgan fingerprint density at radius 2 is 2.09 bits per heavy atom. The van der Waals surface area contributed by atoms with Gasteiger partial charge in [-0.15, -0.1) is 0 Å². The fourth-order valence-corrected chi connectivity index (χ4v) is 4.28. The van der Waals surface area contributed by atoms with Crippen molar-refractivity contribution in [3.05, 3.63) is 33.9 Å². The molecule has 1 amide bonds. The van der Waals surface area contributed by atoms with Crippen molar-refractivity contribution in [2.75, 3.05) is 19.7 Å². The first kappa shape index (κ1) is 14.9.